The number of aromatic nitrogens is 2. The number of aliphatic hydroxyl groups is 1. The lowest BCUT2D eigenvalue weighted by molar-refractivity contribution is -0.0143. The zero-order chi connectivity index (χ0) is 21.5. The maximum Gasteiger partial charge on any atom is 0.317 e. The number of piperidine rings is 1. The Morgan fingerprint density at radius 2 is 2.17 bits per heavy atom. The van der Waals surface area contributed by atoms with Crippen molar-refractivity contribution in [1.82, 2.24) is 20.4 Å². The average Bonchev–Trinajstić information content (AvgIpc) is 3.38. The second kappa shape index (κ2) is 7.75. The summed E-state index contributed by atoms with van der Waals surface area (Å²) in [5.41, 5.74) is 0.828. The number of halogens is 1. The first kappa shape index (κ1) is 21.0. The summed E-state index contributed by atoms with van der Waals surface area (Å²) in [5, 5.41) is 31.9. The Balaban J connectivity index is 1.40. The van der Waals surface area contributed by atoms with E-state index in [1.807, 2.05) is 11.0 Å². The monoisotopic (exact) mass is 429 g/mol. The molecule has 1 aliphatic carbocycles. The molecule has 2 fully saturated rings. The molecule has 1 atom stereocenters. The van der Waals surface area contributed by atoms with E-state index in [2.05, 4.69) is 35.4 Å². The first-order valence-electron chi connectivity index (χ1n) is 10.5. The van der Waals surface area contributed by atoms with Crippen LogP contribution in [0.3, 0.4) is 0 Å². The minimum Gasteiger partial charge on any atom is -0.388 e. The van der Waals surface area contributed by atoms with Crippen LogP contribution in [0.2, 0.25) is 5.02 Å². The van der Waals surface area contributed by atoms with E-state index < -0.39 is 11.5 Å². The lowest BCUT2D eigenvalue weighted by Crippen LogP contribution is -2.48. The van der Waals surface area contributed by atoms with Gasteiger partial charge in [-0.25, -0.2) is 4.79 Å². The molecule has 0 spiro atoms. The molecule has 1 aromatic carbocycles. The van der Waals surface area contributed by atoms with Gasteiger partial charge in [-0.3, -0.25) is 5.10 Å². The van der Waals surface area contributed by atoms with Gasteiger partial charge >= 0.3 is 6.03 Å². The van der Waals surface area contributed by atoms with Crippen molar-refractivity contribution in [2.75, 3.05) is 19.6 Å². The highest BCUT2D eigenvalue weighted by molar-refractivity contribution is 6.31. The SMILES string of the molecule is CC(C)(C1CCN(C(=O)NCC2(C#N)CC2)CC1)[C@H](O)c1cc(Cl)cc2cn[nH]c12. The van der Waals surface area contributed by atoms with E-state index in [9.17, 15) is 9.90 Å². The Bertz CT molecular complexity index is 983. The van der Waals surface area contributed by atoms with Crippen molar-refractivity contribution >= 4 is 28.5 Å². The Kier molecular flexibility index (Phi) is 5.41. The van der Waals surface area contributed by atoms with Gasteiger partial charge in [-0.05, 0) is 49.1 Å². The summed E-state index contributed by atoms with van der Waals surface area (Å²) < 4.78 is 0. The van der Waals surface area contributed by atoms with Gasteiger partial charge in [-0.2, -0.15) is 10.4 Å². The second-order valence-corrected chi connectivity index (χ2v) is 9.80. The molecule has 2 heterocycles. The highest BCUT2D eigenvalue weighted by Crippen LogP contribution is 2.46. The van der Waals surface area contributed by atoms with Gasteiger partial charge in [-0.1, -0.05) is 25.4 Å². The summed E-state index contributed by atoms with van der Waals surface area (Å²) in [6.45, 7) is 5.86. The van der Waals surface area contributed by atoms with Gasteiger partial charge < -0.3 is 15.3 Å². The fourth-order valence-electron chi connectivity index (χ4n) is 4.55. The largest absolute Gasteiger partial charge is 0.388 e. The summed E-state index contributed by atoms with van der Waals surface area (Å²) in [6.07, 6.45) is 4.35. The van der Waals surface area contributed by atoms with Crippen LogP contribution in [0.25, 0.3) is 10.9 Å². The number of urea groups is 1. The van der Waals surface area contributed by atoms with Crippen molar-refractivity contribution in [1.29, 1.82) is 5.26 Å². The smallest absolute Gasteiger partial charge is 0.317 e. The van der Waals surface area contributed by atoms with Crippen molar-refractivity contribution in [2.24, 2.45) is 16.7 Å². The quantitative estimate of drug-likeness (QED) is 0.667. The van der Waals surface area contributed by atoms with Crippen LogP contribution in [0.15, 0.2) is 18.3 Å². The van der Waals surface area contributed by atoms with Crippen LogP contribution < -0.4 is 5.32 Å². The van der Waals surface area contributed by atoms with E-state index in [1.165, 1.54) is 0 Å². The molecular formula is C22H28ClN5O2. The van der Waals surface area contributed by atoms with Crippen LogP contribution in [0, 0.1) is 28.1 Å². The molecule has 7 nitrogen and oxygen atoms in total. The number of carbonyl (C=O) groups is 1. The van der Waals surface area contributed by atoms with E-state index >= 15 is 0 Å². The first-order chi connectivity index (χ1) is 14.3. The molecular weight excluding hydrogens is 402 g/mol. The normalized spacial score (nSPS) is 20.0. The lowest BCUT2D eigenvalue weighted by Gasteiger charge is -2.43. The molecule has 4 rings (SSSR count). The van der Waals surface area contributed by atoms with Crippen molar-refractivity contribution in [3.8, 4) is 6.07 Å². The fourth-order valence-corrected chi connectivity index (χ4v) is 4.78. The van der Waals surface area contributed by atoms with Crippen molar-refractivity contribution in [2.45, 2.75) is 45.6 Å². The van der Waals surface area contributed by atoms with Gasteiger partial charge in [0.25, 0.3) is 0 Å². The minimum absolute atomic E-state index is 0.0951. The number of rotatable bonds is 5. The molecule has 1 saturated heterocycles. The third-order valence-corrected chi connectivity index (χ3v) is 7.26. The predicted octanol–water partition coefficient (Wildman–Crippen LogP) is 4.00. The predicted molar refractivity (Wildman–Crippen MR) is 115 cm³/mol. The van der Waals surface area contributed by atoms with E-state index in [0.717, 1.165) is 42.1 Å². The molecule has 1 aromatic heterocycles. The van der Waals surface area contributed by atoms with E-state index in [-0.39, 0.29) is 17.4 Å². The number of amides is 2. The fraction of sp³-hybridized carbons (Fsp3) is 0.591. The molecule has 2 aliphatic rings. The van der Waals surface area contributed by atoms with Crippen LogP contribution in [-0.4, -0.2) is 45.9 Å². The Morgan fingerprint density at radius 1 is 1.47 bits per heavy atom. The number of hydrogen-bond acceptors (Lipinski definition) is 4. The van der Waals surface area contributed by atoms with Crippen molar-refractivity contribution in [3.63, 3.8) is 0 Å². The zero-order valence-corrected chi connectivity index (χ0v) is 18.2. The van der Waals surface area contributed by atoms with E-state index in [4.69, 9.17) is 16.9 Å². The van der Waals surface area contributed by atoms with E-state index in [1.54, 1.807) is 12.3 Å². The third kappa shape index (κ3) is 3.86. The van der Waals surface area contributed by atoms with Crippen LogP contribution >= 0.6 is 11.6 Å². The number of nitrogens with zero attached hydrogens (tertiary/aromatic N) is 3. The maximum atomic E-state index is 12.5. The number of fused-ring (bicyclic) bond motifs is 1. The highest BCUT2D eigenvalue weighted by Gasteiger charge is 2.44. The minimum atomic E-state index is -0.713. The number of nitrogens with one attached hydrogen (secondary N) is 2. The molecule has 8 heteroatoms. The zero-order valence-electron chi connectivity index (χ0n) is 17.4. The Morgan fingerprint density at radius 3 is 2.80 bits per heavy atom. The summed E-state index contributed by atoms with van der Waals surface area (Å²) in [4.78, 5) is 14.3. The Labute approximate surface area is 181 Å². The number of benzene rings is 1. The lowest BCUT2D eigenvalue weighted by atomic mass is 9.68. The molecule has 160 valence electrons. The summed E-state index contributed by atoms with van der Waals surface area (Å²) in [7, 11) is 0. The summed E-state index contributed by atoms with van der Waals surface area (Å²) in [5.74, 6) is 0.252. The Hall–Kier alpha value is -2.30. The summed E-state index contributed by atoms with van der Waals surface area (Å²) >= 11 is 6.27. The topological polar surface area (TPSA) is 105 Å². The van der Waals surface area contributed by atoms with Crippen LogP contribution in [0.4, 0.5) is 4.79 Å². The van der Waals surface area contributed by atoms with Crippen LogP contribution in [0.1, 0.15) is 51.2 Å². The first-order valence-corrected chi connectivity index (χ1v) is 10.9. The number of carbonyl (C=O) groups excluding carboxylic acids is 1. The molecule has 0 radical (unpaired) electrons. The van der Waals surface area contributed by atoms with Crippen molar-refractivity contribution < 1.29 is 9.90 Å². The molecule has 0 unspecified atom stereocenters. The van der Waals surface area contributed by atoms with Gasteiger partial charge in [0, 0.05) is 35.6 Å². The van der Waals surface area contributed by atoms with Gasteiger partial charge in [0.05, 0.1) is 29.3 Å². The molecule has 2 amide bonds. The number of H-pyrrole nitrogens is 1. The van der Waals surface area contributed by atoms with Gasteiger partial charge in [0.15, 0.2) is 0 Å². The molecule has 3 N–H and O–H groups in total. The van der Waals surface area contributed by atoms with Crippen LogP contribution in [-0.2, 0) is 0 Å². The number of nitriles is 1. The molecule has 1 saturated carbocycles. The van der Waals surface area contributed by atoms with E-state index in [0.29, 0.717) is 24.7 Å². The van der Waals surface area contributed by atoms with Gasteiger partial charge in [-0.15, -0.1) is 0 Å². The number of aliphatic hydroxyl groups excluding tert-OH is 1. The highest BCUT2D eigenvalue weighted by atomic mass is 35.5. The average molecular weight is 430 g/mol. The summed E-state index contributed by atoms with van der Waals surface area (Å²) in [6, 6.07) is 5.85. The molecule has 0 bridgehead atoms. The second-order valence-electron chi connectivity index (χ2n) is 9.37. The number of hydrogen-bond donors (Lipinski definition) is 3. The molecule has 2 aromatic rings. The van der Waals surface area contributed by atoms with Gasteiger partial charge in [0.2, 0.25) is 0 Å². The third-order valence-electron chi connectivity index (χ3n) is 7.05. The van der Waals surface area contributed by atoms with Crippen molar-refractivity contribution in [3.05, 3.63) is 28.9 Å². The van der Waals surface area contributed by atoms with Crippen LogP contribution in [0.5, 0.6) is 0 Å². The van der Waals surface area contributed by atoms with Gasteiger partial charge in [0.1, 0.15) is 0 Å². The number of aromatic amines is 1. The number of likely N-dealkylation sites (tertiary alicyclic amines) is 1. The molecule has 30 heavy (non-hydrogen) atoms. The maximum absolute atomic E-state index is 12.5. The molecule has 1 aliphatic heterocycles. The standard InChI is InChI=1S/C22H28ClN5O2/c1-21(2,19(29)17-10-16(23)9-14-11-26-27-18(14)17)15-3-7-28(8-4-15)20(30)25-13-22(12-24)5-6-22/h9-11,15,19,29H,3-8,13H2,1-2H3,(H,25,30)(H,26,27)/t19-/m1/s1.